The molecule has 1 N–H and O–H groups in total. The van der Waals surface area contributed by atoms with Gasteiger partial charge >= 0.3 is 5.97 Å². The van der Waals surface area contributed by atoms with E-state index < -0.39 is 5.97 Å². The van der Waals surface area contributed by atoms with Crippen LogP contribution in [0, 0.1) is 0 Å². The Hall–Kier alpha value is -2.89. The largest absolute Gasteiger partial charge is 0.482 e. The third kappa shape index (κ3) is 2.60. The molecule has 2 aromatic rings. The second-order valence-electron chi connectivity index (χ2n) is 6.09. The minimum Gasteiger partial charge on any atom is -0.482 e. The van der Waals surface area contributed by atoms with E-state index in [0.717, 1.165) is 37.2 Å². The Labute approximate surface area is 139 Å². The third-order valence-corrected chi connectivity index (χ3v) is 4.59. The summed E-state index contributed by atoms with van der Waals surface area (Å²) in [5, 5.41) is 8.89. The molecule has 1 fully saturated rings. The summed E-state index contributed by atoms with van der Waals surface area (Å²) >= 11 is 0. The zero-order valence-electron chi connectivity index (χ0n) is 13.1. The van der Waals surface area contributed by atoms with Crippen LogP contribution in [0.3, 0.4) is 0 Å². The second-order valence-corrected chi connectivity index (χ2v) is 6.09. The van der Waals surface area contributed by atoms with Crippen molar-refractivity contribution in [3.05, 3.63) is 54.0 Å². The number of aromatic carboxylic acids is 1. The maximum atomic E-state index is 10.9. The van der Waals surface area contributed by atoms with Crippen molar-refractivity contribution in [2.45, 2.75) is 18.4 Å². The van der Waals surface area contributed by atoms with Gasteiger partial charge in [-0.25, -0.2) is 14.8 Å². The fraction of sp³-hybridized carbons (Fsp3) is 0.278. The van der Waals surface area contributed by atoms with Gasteiger partial charge in [-0.05, 0) is 12.1 Å². The maximum Gasteiger partial charge on any atom is 0.356 e. The van der Waals surface area contributed by atoms with Crippen LogP contribution in [-0.4, -0.2) is 39.7 Å². The first-order valence-corrected chi connectivity index (χ1v) is 7.93. The van der Waals surface area contributed by atoms with Gasteiger partial charge in [0.25, 0.3) is 0 Å². The first-order chi connectivity index (χ1) is 11.7. The van der Waals surface area contributed by atoms with Crippen LogP contribution in [0.1, 0.15) is 28.9 Å². The van der Waals surface area contributed by atoms with E-state index in [1.165, 1.54) is 12.4 Å². The smallest absolute Gasteiger partial charge is 0.356 e. The Balaban J connectivity index is 1.47. The Morgan fingerprint density at radius 3 is 2.67 bits per heavy atom. The second kappa shape index (κ2) is 5.63. The van der Waals surface area contributed by atoms with Gasteiger partial charge in [-0.15, -0.1) is 0 Å². The van der Waals surface area contributed by atoms with Crippen molar-refractivity contribution in [1.29, 1.82) is 0 Å². The van der Waals surface area contributed by atoms with Gasteiger partial charge < -0.3 is 14.7 Å². The number of para-hydroxylation sites is 1. The van der Waals surface area contributed by atoms with Crippen LogP contribution in [0.15, 0.2) is 42.7 Å². The molecule has 0 saturated carbocycles. The average Bonchev–Trinajstić information content (AvgIpc) is 2.62. The van der Waals surface area contributed by atoms with Crippen molar-refractivity contribution in [1.82, 2.24) is 9.97 Å². The van der Waals surface area contributed by atoms with E-state index in [1.54, 1.807) is 0 Å². The molecule has 122 valence electrons. The van der Waals surface area contributed by atoms with Gasteiger partial charge in [0.15, 0.2) is 5.69 Å². The molecule has 2 aliphatic heterocycles. The molecule has 3 heterocycles. The zero-order valence-corrected chi connectivity index (χ0v) is 13.1. The summed E-state index contributed by atoms with van der Waals surface area (Å²) in [7, 11) is 0. The first kappa shape index (κ1) is 14.7. The fourth-order valence-corrected chi connectivity index (χ4v) is 3.18. The van der Waals surface area contributed by atoms with Gasteiger partial charge in [0.2, 0.25) is 0 Å². The van der Waals surface area contributed by atoms with Gasteiger partial charge in [-0.1, -0.05) is 24.3 Å². The van der Waals surface area contributed by atoms with Gasteiger partial charge in [-0.3, -0.25) is 0 Å². The van der Waals surface area contributed by atoms with Crippen LogP contribution < -0.4 is 9.64 Å². The van der Waals surface area contributed by atoms with Crippen molar-refractivity contribution in [2.24, 2.45) is 0 Å². The highest BCUT2D eigenvalue weighted by Crippen LogP contribution is 2.37. The lowest BCUT2D eigenvalue weighted by atomic mass is 9.88. The molecule has 1 aromatic carbocycles. The molecule has 4 rings (SSSR count). The molecule has 6 heteroatoms. The number of ether oxygens (including phenoxy) is 1. The average molecular weight is 323 g/mol. The van der Waals surface area contributed by atoms with Crippen LogP contribution in [-0.2, 0) is 0 Å². The first-order valence-electron chi connectivity index (χ1n) is 7.93. The number of fused-ring (bicyclic) bond motifs is 1. The number of benzene rings is 1. The Bertz CT molecular complexity index is 793. The molecule has 0 aliphatic carbocycles. The number of rotatable bonds is 2. The highest BCUT2D eigenvalue weighted by molar-refractivity contribution is 5.84. The minimum atomic E-state index is -1.06. The minimum absolute atomic E-state index is 0.0395. The van der Waals surface area contributed by atoms with Crippen molar-refractivity contribution in [2.75, 3.05) is 18.0 Å². The highest BCUT2D eigenvalue weighted by Gasteiger charge is 2.37. The highest BCUT2D eigenvalue weighted by atomic mass is 16.5. The van der Waals surface area contributed by atoms with Crippen molar-refractivity contribution < 1.29 is 14.6 Å². The summed E-state index contributed by atoms with van der Waals surface area (Å²) < 4.78 is 6.27. The SMILES string of the molecule is O=C(O)c1cnc(N2CCC3(C=Cc4ccccc4O3)CC2)cn1. The molecule has 1 spiro atoms. The lowest BCUT2D eigenvalue weighted by Gasteiger charge is -2.42. The van der Waals surface area contributed by atoms with Crippen LogP contribution in [0.2, 0.25) is 0 Å². The predicted molar refractivity (Wildman–Crippen MR) is 89.3 cm³/mol. The standard InChI is InChI=1S/C18H17N3O3/c22-17(23)14-11-20-16(12-19-14)21-9-7-18(8-10-21)6-5-13-3-1-2-4-15(13)24-18/h1-6,11-12H,7-10H2,(H,22,23). The maximum absolute atomic E-state index is 10.9. The molecule has 0 bridgehead atoms. The van der Waals surface area contributed by atoms with Crippen LogP contribution in [0.25, 0.3) is 6.08 Å². The van der Waals surface area contributed by atoms with Crippen molar-refractivity contribution >= 4 is 17.9 Å². The number of aromatic nitrogens is 2. The number of carboxylic acid groups (broad SMARTS) is 1. The third-order valence-electron chi connectivity index (χ3n) is 4.59. The molecule has 1 aromatic heterocycles. The van der Waals surface area contributed by atoms with E-state index in [-0.39, 0.29) is 11.3 Å². The lowest BCUT2D eigenvalue weighted by molar-refractivity contribution is 0.0690. The van der Waals surface area contributed by atoms with Crippen LogP contribution in [0.4, 0.5) is 5.82 Å². The van der Waals surface area contributed by atoms with Gasteiger partial charge in [0, 0.05) is 31.5 Å². The summed E-state index contributed by atoms with van der Waals surface area (Å²) in [6.07, 6.45) is 8.81. The summed E-state index contributed by atoms with van der Waals surface area (Å²) in [5.74, 6) is 0.570. The number of piperidine rings is 1. The number of hydrogen-bond donors (Lipinski definition) is 1. The number of carboxylic acids is 1. The van der Waals surface area contributed by atoms with E-state index in [0.29, 0.717) is 5.82 Å². The molecule has 0 atom stereocenters. The van der Waals surface area contributed by atoms with E-state index in [9.17, 15) is 4.79 Å². The van der Waals surface area contributed by atoms with Gasteiger partial charge in [-0.2, -0.15) is 0 Å². The number of anilines is 1. The van der Waals surface area contributed by atoms with Gasteiger partial charge in [0.05, 0.1) is 12.4 Å². The van der Waals surface area contributed by atoms with Crippen molar-refractivity contribution in [3.63, 3.8) is 0 Å². The molecule has 0 unspecified atom stereocenters. The van der Waals surface area contributed by atoms with Gasteiger partial charge in [0.1, 0.15) is 17.2 Å². The Morgan fingerprint density at radius 1 is 1.17 bits per heavy atom. The number of nitrogens with zero attached hydrogens (tertiary/aromatic N) is 3. The summed E-state index contributed by atoms with van der Waals surface area (Å²) in [5.41, 5.74) is 0.808. The van der Waals surface area contributed by atoms with E-state index in [1.807, 2.05) is 24.3 Å². The van der Waals surface area contributed by atoms with E-state index in [2.05, 4.69) is 27.0 Å². The molecular weight excluding hydrogens is 306 g/mol. The summed E-state index contributed by atoms with van der Waals surface area (Å²) in [4.78, 5) is 21.1. The topological polar surface area (TPSA) is 75.5 Å². The normalized spacial score (nSPS) is 18.1. The summed E-state index contributed by atoms with van der Waals surface area (Å²) in [6, 6.07) is 8.05. The van der Waals surface area contributed by atoms with E-state index >= 15 is 0 Å². The fourth-order valence-electron chi connectivity index (χ4n) is 3.18. The van der Waals surface area contributed by atoms with Crippen LogP contribution in [0.5, 0.6) is 5.75 Å². The monoisotopic (exact) mass is 323 g/mol. The number of hydrogen-bond acceptors (Lipinski definition) is 5. The molecule has 0 amide bonds. The van der Waals surface area contributed by atoms with Crippen LogP contribution >= 0.6 is 0 Å². The number of carbonyl (C=O) groups is 1. The quantitative estimate of drug-likeness (QED) is 0.915. The lowest BCUT2D eigenvalue weighted by Crippen LogP contribution is -2.48. The van der Waals surface area contributed by atoms with E-state index in [4.69, 9.17) is 9.84 Å². The molecular formula is C18H17N3O3. The summed E-state index contributed by atoms with van der Waals surface area (Å²) in [6.45, 7) is 1.57. The predicted octanol–water partition coefficient (Wildman–Crippen LogP) is 2.62. The Morgan fingerprint density at radius 2 is 1.96 bits per heavy atom. The molecule has 1 saturated heterocycles. The molecule has 2 aliphatic rings. The molecule has 6 nitrogen and oxygen atoms in total. The Kier molecular flexibility index (Phi) is 3.45. The molecule has 0 radical (unpaired) electrons. The zero-order chi connectivity index (χ0) is 16.6. The molecule has 24 heavy (non-hydrogen) atoms. The van der Waals surface area contributed by atoms with Crippen molar-refractivity contribution in [3.8, 4) is 5.75 Å².